The summed E-state index contributed by atoms with van der Waals surface area (Å²) < 4.78 is 5.31. The van der Waals surface area contributed by atoms with E-state index in [9.17, 15) is 4.79 Å². The zero-order chi connectivity index (χ0) is 16.1. The molecule has 0 spiro atoms. The molecule has 7 heteroatoms. The van der Waals surface area contributed by atoms with Crippen LogP contribution in [0.5, 0.6) is 0 Å². The van der Waals surface area contributed by atoms with Gasteiger partial charge in [0.05, 0.1) is 38.5 Å². The monoisotopic (exact) mass is 316 g/mol. The van der Waals surface area contributed by atoms with Crippen molar-refractivity contribution in [2.45, 2.75) is 13.0 Å². The van der Waals surface area contributed by atoms with Crippen molar-refractivity contribution in [3.63, 3.8) is 0 Å². The van der Waals surface area contributed by atoms with Crippen molar-refractivity contribution in [3.8, 4) is 0 Å². The molecule has 1 atom stereocenters. The van der Waals surface area contributed by atoms with Crippen LogP contribution in [0.2, 0.25) is 0 Å². The van der Waals surface area contributed by atoms with Crippen molar-refractivity contribution in [1.82, 2.24) is 15.3 Å². The Kier molecular flexibility index (Phi) is 4.87. The minimum atomic E-state index is -0.101. The number of rotatable bonds is 5. The van der Waals surface area contributed by atoms with E-state index in [1.165, 1.54) is 4.90 Å². The number of piperazine rings is 1. The van der Waals surface area contributed by atoms with E-state index in [-0.39, 0.29) is 11.9 Å². The lowest BCUT2D eigenvalue weighted by molar-refractivity contribution is -0.892. The van der Waals surface area contributed by atoms with Crippen molar-refractivity contribution in [3.05, 3.63) is 42.6 Å². The molecule has 0 bridgehead atoms. The Morgan fingerprint density at radius 2 is 2.09 bits per heavy atom. The van der Waals surface area contributed by atoms with E-state index in [0.717, 1.165) is 37.9 Å². The fraction of sp³-hybridized carbons (Fsp3) is 0.438. The maximum absolute atomic E-state index is 12.2. The highest BCUT2D eigenvalue weighted by Crippen LogP contribution is 2.11. The first-order chi connectivity index (χ1) is 11.2. The molecule has 1 saturated heterocycles. The summed E-state index contributed by atoms with van der Waals surface area (Å²) in [7, 11) is 0. The largest absolute Gasteiger partial charge is 0.467 e. The number of carbonyl (C=O) groups is 1. The Morgan fingerprint density at radius 1 is 1.35 bits per heavy atom. The third-order valence-electron chi connectivity index (χ3n) is 4.06. The third kappa shape index (κ3) is 4.07. The first-order valence-corrected chi connectivity index (χ1v) is 7.90. The summed E-state index contributed by atoms with van der Waals surface area (Å²) in [5, 5.41) is 2.98. The Balaban J connectivity index is 1.44. The van der Waals surface area contributed by atoms with Crippen molar-refractivity contribution in [2.24, 2.45) is 0 Å². The molecule has 0 saturated carbocycles. The SMILES string of the molecule is C[C@H](NC(=O)C[NH+]1CCN(c2ncccn2)CC1)c1ccco1. The number of hydrogen-bond acceptors (Lipinski definition) is 5. The molecule has 1 aliphatic heterocycles. The molecule has 0 radical (unpaired) electrons. The van der Waals surface area contributed by atoms with E-state index in [1.807, 2.05) is 25.1 Å². The van der Waals surface area contributed by atoms with E-state index in [2.05, 4.69) is 20.2 Å². The zero-order valence-electron chi connectivity index (χ0n) is 13.2. The van der Waals surface area contributed by atoms with Gasteiger partial charge in [-0.2, -0.15) is 0 Å². The summed E-state index contributed by atoms with van der Waals surface area (Å²) >= 11 is 0. The van der Waals surface area contributed by atoms with Crippen LogP contribution in [0.25, 0.3) is 0 Å². The number of amides is 1. The maximum Gasteiger partial charge on any atom is 0.275 e. The maximum atomic E-state index is 12.2. The summed E-state index contributed by atoms with van der Waals surface area (Å²) in [6, 6.07) is 5.41. The van der Waals surface area contributed by atoms with Gasteiger partial charge >= 0.3 is 0 Å². The summed E-state index contributed by atoms with van der Waals surface area (Å²) in [5.74, 6) is 1.59. The minimum absolute atomic E-state index is 0.0494. The molecule has 122 valence electrons. The Bertz CT molecular complexity index is 609. The van der Waals surface area contributed by atoms with Gasteiger partial charge in [0.25, 0.3) is 5.91 Å². The molecule has 3 heterocycles. The lowest BCUT2D eigenvalue weighted by Gasteiger charge is -2.31. The van der Waals surface area contributed by atoms with Gasteiger partial charge < -0.3 is 19.5 Å². The first kappa shape index (κ1) is 15.5. The van der Waals surface area contributed by atoms with Crippen molar-refractivity contribution < 1.29 is 14.1 Å². The number of carbonyl (C=O) groups excluding carboxylic acids is 1. The van der Waals surface area contributed by atoms with E-state index < -0.39 is 0 Å². The number of nitrogens with one attached hydrogen (secondary N) is 2. The number of anilines is 1. The van der Waals surface area contributed by atoms with Gasteiger partial charge in [-0.05, 0) is 25.1 Å². The molecule has 1 fully saturated rings. The van der Waals surface area contributed by atoms with Gasteiger partial charge in [-0.15, -0.1) is 0 Å². The van der Waals surface area contributed by atoms with E-state index in [4.69, 9.17) is 4.42 Å². The number of quaternary nitrogens is 1. The minimum Gasteiger partial charge on any atom is -0.467 e. The van der Waals surface area contributed by atoms with Gasteiger partial charge in [0, 0.05) is 12.4 Å². The Morgan fingerprint density at radius 3 is 2.74 bits per heavy atom. The highest BCUT2D eigenvalue weighted by molar-refractivity contribution is 5.77. The average molecular weight is 316 g/mol. The van der Waals surface area contributed by atoms with Crippen LogP contribution in [-0.4, -0.2) is 48.6 Å². The predicted octanol–water partition coefficient (Wildman–Crippen LogP) is -0.348. The molecule has 3 rings (SSSR count). The molecular formula is C16H22N5O2+. The second kappa shape index (κ2) is 7.23. The fourth-order valence-electron chi connectivity index (χ4n) is 2.78. The number of hydrogen-bond donors (Lipinski definition) is 2. The van der Waals surface area contributed by atoms with Crippen molar-refractivity contribution in [2.75, 3.05) is 37.6 Å². The molecule has 1 amide bonds. The summed E-state index contributed by atoms with van der Waals surface area (Å²) in [6.07, 6.45) is 5.13. The Labute approximate surface area is 135 Å². The van der Waals surface area contributed by atoms with Crippen LogP contribution in [-0.2, 0) is 4.79 Å². The summed E-state index contributed by atoms with van der Waals surface area (Å²) in [6.45, 7) is 5.94. The lowest BCUT2D eigenvalue weighted by Crippen LogP contribution is -3.16. The van der Waals surface area contributed by atoms with Crippen LogP contribution >= 0.6 is 0 Å². The van der Waals surface area contributed by atoms with Crippen molar-refractivity contribution >= 4 is 11.9 Å². The lowest BCUT2D eigenvalue weighted by atomic mass is 10.2. The van der Waals surface area contributed by atoms with E-state index in [0.29, 0.717) is 6.54 Å². The number of aromatic nitrogens is 2. The van der Waals surface area contributed by atoms with Crippen LogP contribution in [0.4, 0.5) is 5.95 Å². The summed E-state index contributed by atoms with van der Waals surface area (Å²) in [4.78, 5) is 24.1. The van der Waals surface area contributed by atoms with Gasteiger partial charge in [-0.25, -0.2) is 9.97 Å². The van der Waals surface area contributed by atoms with E-state index in [1.54, 1.807) is 18.7 Å². The van der Waals surface area contributed by atoms with Crippen LogP contribution < -0.4 is 15.1 Å². The van der Waals surface area contributed by atoms with Gasteiger partial charge in [0.1, 0.15) is 5.76 Å². The van der Waals surface area contributed by atoms with E-state index >= 15 is 0 Å². The molecule has 0 aliphatic carbocycles. The van der Waals surface area contributed by atoms with Gasteiger partial charge in [0.2, 0.25) is 5.95 Å². The highest BCUT2D eigenvalue weighted by Gasteiger charge is 2.24. The topological polar surface area (TPSA) is 75.7 Å². The fourth-order valence-corrected chi connectivity index (χ4v) is 2.78. The van der Waals surface area contributed by atoms with Crippen LogP contribution in [0.15, 0.2) is 41.3 Å². The smallest absolute Gasteiger partial charge is 0.275 e. The second-order valence-electron chi connectivity index (χ2n) is 5.77. The molecular weight excluding hydrogens is 294 g/mol. The molecule has 0 unspecified atom stereocenters. The number of furan rings is 1. The van der Waals surface area contributed by atoms with Gasteiger partial charge in [-0.1, -0.05) is 0 Å². The van der Waals surface area contributed by atoms with Crippen molar-refractivity contribution in [1.29, 1.82) is 0 Å². The first-order valence-electron chi connectivity index (χ1n) is 7.90. The highest BCUT2D eigenvalue weighted by atomic mass is 16.3. The molecule has 23 heavy (non-hydrogen) atoms. The van der Waals surface area contributed by atoms with Gasteiger partial charge in [-0.3, -0.25) is 4.79 Å². The van der Waals surface area contributed by atoms with Crippen LogP contribution in [0.1, 0.15) is 18.7 Å². The van der Waals surface area contributed by atoms with Gasteiger partial charge in [0.15, 0.2) is 6.54 Å². The molecule has 2 N–H and O–H groups in total. The normalized spacial score (nSPS) is 17.0. The predicted molar refractivity (Wildman–Crippen MR) is 85.1 cm³/mol. The van der Waals surface area contributed by atoms with Crippen LogP contribution in [0, 0.1) is 0 Å². The average Bonchev–Trinajstić information content (AvgIpc) is 3.11. The van der Waals surface area contributed by atoms with Crippen LogP contribution in [0.3, 0.4) is 0 Å². The zero-order valence-corrected chi connectivity index (χ0v) is 13.2. The molecule has 0 aromatic carbocycles. The molecule has 7 nitrogen and oxygen atoms in total. The second-order valence-corrected chi connectivity index (χ2v) is 5.77. The number of nitrogens with zero attached hydrogens (tertiary/aromatic N) is 3. The standard InChI is InChI=1S/C16H21N5O2/c1-13(14-4-2-11-23-14)19-15(22)12-20-7-9-21(10-8-20)16-17-5-3-6-18-16/h2-6,11,13H,7-10,12H2,1H3,(H,19,22)/p+1/t13-/m0/s1. The Hall–Kier alpha value is -2.41. The quantitative estimate of drug-likeness (QED) is 0.789. The summed E-state index contributed by atoms with van der Waals surface area (Å²) in [5.41, 5.74) is 0. The molecule has 1 aliphatic rings. The molecule has 2 aromatic heterocycles. The third-order valence-corrected chi connectivity index (χ3v) is 4.06. The molecule has 2 aromatic rings.